The first-order chi connectivity index (χ1) is 8.78. The Labute approximate surface area is 117 Å². The summed E-state index contributed by atoms with van der Waals surface area (Å²) < 4.78 is 7.78. The average Bonchev–Trinajstić information content (AvgIpc) is 2.73. The summed E-state index contributed by atoms with van der Waals surface area (Å²) in [5.41, 5.74) is 1.09. The average molecular weight is 267 g/mol. The molecule has 0 aliphatic heterocycles. The van der Waals surface area contributed by atoms with E-state index in [-0.39, 0.29) is 11.0 Å². The standard InChI is InChI=1S/C15H29N3O/c1-7-9-14(3,4)12-18-10-13(16-17-18)11-19-15(5,6)8-2/h10H,7-9,11-12H2,1-6H3. The number of ether oxygens (including phenoxy) is 1. The van der Waals surface area contributed by atoms with Gasteiger partial charge in [0, 0.05) is 6.54 Å². The van der Waals surface area contributed by atoms with Crippen LogP contribution in [0.3, 0.4) is 0 Å². The molecule has 0 aliphatic rings. The van der Waals surface area contributed by atoms with Gasteiger partial charge in [-0.1, -0.05) is 39.3 Å². The topological polar surface area (TPSA) is 39.9 Å². The van der Waals surface area contributed by atoms with Crippen molar-refractivity contribution in [2.75, 3.05) is 0 Å². The SMILES string of the molecule is CCCC(C)(C)Cn1cc(COC(C)(C)CC)nn1. The van der Waals surface area contributed by atoms with Gasteiger partial charge < -0.3 is 4.74 Å². The first-order valence-corrected chi connectivity index (χ1v) is 7.31. The molecule has 0 radical (unpaired) electrons. The summed E-state index contributed by atoms with van der Waals surface area (Å²) in [4.78, 5) is 0. The highest BCUT2D eigenvalue weighted by molar-refractivity contribution is 4.91. The molecule has 0 aromatic carbocycles. The quantitative estimate of drug-likeness (QED) is 0.719. The Morgan fingerprint density at radius 3 is 2.47 bits per heavy atom. The van der Waals surface area contributed by atoms with Gasteiger partial charge in [-0.25, -0.2) is 0 Å². The second-order valence-corrected chi connectivity index (χ2v) is 6.72. The van der Waals surface area contributed by atoms with Gasteiger partial charge >= 0.3 is 0 Å². The summed E-state index contributed by atoms with van der Waals surface area (Å²) in [6, 6.07) is 0. The number of aromatic nitrogens is 3. The number of hydrogen-bond acceptors (Lipinski definition) is 3. The number of rotatable bonds is 8. The molecule has 0 spiro atoms. The maximum Gasteiger partial charge on any atom is 0.108 e. The molecular formula is C15H29N3O. The maximum absolute atomic E-state index is 5.84. The van der Waals surface area contributed by atoms with E-state index < -0.39 is 0 Å². The predicted octanol–water partition coefficient (Wildman–Crippen LogP) is 3.81. The zero-order valence-corrected chi connectivity index (χ0v) is 13.4. The van der Waals surface area contributed by atoms with Crippen LogP contribution < -0.4 is 0 Å². The maximum atomic E-state index is 5.84. The van der Waals surface area contributed by atoms with Gasteiger partial charge in [-0.05, 0) is 32.1 Å². The highest BCUT2D eigenvalue weighted by Gasteiger charge is 2.19. The Bertz CT molecular complexity index is 382. The van der Waals surface area contributed by atoms with Crippen LogP contribution >= 0.6 is 0 Å². The molecule has 0 aliphatic carbocycles. The fraction of sp³-hybridized carbons (Fsp3) is 0.867. The van der Waals surface area contributed by atoms with Crippen molar-refractivity contribution in [3.05, 3.63) is 11.9 Å². The van der Waals surface area contributed by atoms with Gasteiger partial charge in [0.15, 0.2) is 0 Å². The third-order valence-electron chi connectivity index (χ3n) is 3.57. The van der Waals surface area contributed by atoms with Gasteiger partial charge in [-0.2, -0.15) is 0 Å². The molecule has 1 rings (SSSR count). The highest BCUT2D eigenvalue weighted by Crippen LogP contribution is 2.24. The molecule has 0 bridgehead atoms. The summed E-state index contributed by atoms with van der Waals surface area (Å²) >= 11 is 0. The Morgan fingerprint density at radius 2 is 1.89 bits per heavy atom. The van der Waals surface area contributed by atoms with Crippen LogP contribution in [0.5, 0.6) is 0 Å². The molecule has 0 atom stereocenters. The normalized spacial score (nSPS) is 12.9. The minimum atomic E-state index is -0.0920. The van der Waals surface area contributed by atoms with Gasteiger partial charge in [0.05, 0.1) is 18.4 Å². The minimum absolute atomic E-state index is 0.0920. The molecule has 1 heterocycles. The summed E-state index contributed by atoms with van der Waals surface area (Å²) in [6.07, 6.45) is 5.39. The lowest BCUT2D eigenvalue weighted by Crippen LogP contribution is -2.22. The molecule has 0 fully saturated rings. The smallest absolute Gasteiger partial charge is 0.108 e. The lowest BCUT2D eigenvalue weighted by atomic mass is 9.88. The van der Waals surface area contributed by atoms with Crippen LogP contribution in [-0.4, -0.2) is 20.6 Å². The van der Waals surface area contributed by atoms with E-state index in [0.29, 0.717) is 6.61 Å². The first kappa shape index (κ1) is 16.2. The molecule has 0 unspecified atom stereocenters. The van der Waals surface area contributed by atoms with E-state index in [1.807, 2.05) is 10.9 Å². The van der Waals surface area contributed by atoms with E-state index in [2.05, 4.69) is 51.9 Å². The van der Waals surface area contributed by atoms with Crippen LogP contribution in [-0.2, 0) is 17.9 Å². The van der Waals surface area contributed by atoms with Gasteiger partial charge in [0.2, 0.25) is 0 Å². The zero-order valence-electron chi connectivity index (χ0n) is 13.4. The molecule has 0 amide bonds. The molecule has 0 saturated heterocycles. The summed E-state index contributed by atoms with van der Waals surface area (Å²) in [5, 5.41) is 8.38. The van der Waals surface area contributed by atoms with E-state index in [1.165, 1.54) is 12.8 Å². The Balaban J connectivity index is 2.53. The van der Waals surface area contributed by atoms with Crippen LogP contribution in [0.25, 0.3) is 0 Å². The lowest BCUT2D eigenvalue weighted by molar-refractivity contribution is -0.0330. The second-order valence-electron chi connectivity index (χ2n) is 6.72. The van der Waals surface area contributed by atoms with E-state index in [4.69, 9.17) is 4.74 Å². The van der Waals surface area contributed by atoms with E-state index in [0.717, 1.165) is 18.7 Å². The molecule has 110 valence electrons. The first-order valence-electron chi connectivity index (χ1n) is 7.31. The van der Waals surface area contributed by atoms with E-state index >= 15 is 0 Å². The molecule has 0 N–H and O–H groups in total. The fourth-order valence-corrected chi connectivity index (χ4v) is 2.05. The van der Waals surface area contributed by atoms with Crippen molar-refractivity contribution >= 4 is 0 Å². The summed E-state index contributed by atoms with van der Waals surface area (Å²) in [7, 11) is 0. The summed E-state index contributed by atoms with van der Waals surface area (Å²) in [6.45, 7) is 14.5. The third kappa shape index (κ3) is 5.72. The molecule has 19 heavy (non-hydrogen) atoms. The lowest BCUT2D eigenvalue weighted by Gasteiger charge is -2.23. The van der Waals surface area contributed by atoms with Crippen LogP contribution in [0.2, 0.25) is 0 Å². The molecule has 4 nitrogen and oxygen atoms in total. The van der Waals surface area contributed by atoms with E-state index in [9.17, 15) is 0 Å². The van der Waals surface area contributed by atoms with Crippen molar-refractivity contribution in [3.8, 4) is 0 Å². The van der Waals surface area contributed by atoms with Crippen LogP contribution in [0.4, 0.5) is 0 Å². The molecular weight excluding hydrogens is 238 g/mol. The molecule has 4 heteroatoms. The highest BCUT2D eigenvalue weighted by atomic mass is 16.5. The van der Waals surface area contributed by atoms with Crippen LogP contribution in [0, 0.1) is 5.41 Å². The van der Waals surface area contributed by atoms with Crippen molar-refractivity contribution in [3.63, 3.8) is 0 Å². The van der Waals surface area contributed by atoms with Crippen molar-refractivity contribution in [2.45, 2.75) is 79.6 Å². The Morgan fingerprint density at radius 1 is 1.21 bits per heavy atom. The van der Waals surface area contributed by atoms with Gasteiger partial charge in [0.1, 0.15) is 5.69 Å². The van der Waals surface area contributed by atoms with Gasteiger partial charge in [0.25, 0.3) is 0 Å². The van der Waals surface area contributed by atoms with Crippen LogP contribution in [0.1, 0.15) is 66.5 Å². The van der Waals surface area contributed by atoms with Crippen molar-refractivity contribution in [2.24, 2.45) is 5.41 Å². The zero-order chi connectivity index (χ0) is 14.5. The monoisotopic (exact) mass is 267 g/mol. The summed E-state index contributed by atoms with van der Waals surface area (Å²) in [5.74, 6) is 0. The van der Waals surface area contributed by atoms with Gasteiger partial charge in [-0.15, -0.1) is 5.10 Å². The van der Waals surface area contributed by atoms with Crippen LogP contribution in [0.15, 0.2) is 6.20 Å². The van der Waals surface area contributed by atoms with E-state index in [1.54, 1.807) is 0 Å². The predicted molar refractivity (Wildman–Crippen MR) is 77.9 cm³/mol. The van der Waals surface area contributed by atoms with Crippen molar-refractivity contribution in [1.29, 1.82) is 0 Å². The number of nitrogens with zero attached hydrogens (tertiary/aromatic N) is 3. The third-order valence-corrected chi connectivity index (χ3v) is 3.57. The molecule has 1 aromatic rings. The second kappa shape index (κ2) is 6.51. The van der Waals surface area contributed by atoms with Crippen molar-refractivity contribution < 1.29 is 4.74 Å². The fourth-order valence-electron chi connectivity index (χ4n) is 2.05. The Hall–Kier alpha value is -0.900. The minimum Gasteiger partial charge on any atom is -0.369 e. The molecule has 0 saturated carbocycles. The Kier molecular flexibility index (Phi) is 5.53. The van der Waals surface area contributed by atoms with Gasteiger partial charge in [-0.3, -0.25) is 4.68 Å². The molecule has 1 aromatic heterocycles. The number of hydrogen-bond donors (Lipinski definition) is 0. The van der Waals surface area contributed by atoms with Crippen molar-refractivity contribution in [1.82, 2.24) is 15.0 Å². The largest absolute Gasteiger partial charge is 0.369 e.